The van der Waals surface area contributed by atoms with Gasteiger partial charge in [0, 0.05) is 31.5 Å². The molecule has 0 fully saturated rings. The van der Waals surface area contributed by atoms with Gasteiger partial charge >= 0.3 is 5.97 Å². The van der Waals surface area contributed by atoms with Gasteiger partial charge < -0.3 is 14.0 Å². The van der Waals surface area contributed by atoms with E-state index in [0.29, 0.717) is 25.0 Å². The van der Waals surface area contributed by atoms with E-state index < -0.39 is 23.6 Å². The van der Waals surface area contributed by atoms with Crippen LogP contribution >= 0.6 is 46.4 Å². The van der Waals surface area contributed by atoms with Crippen molar-refractivity contribution in [2.24, 2.45) is 5.92 Å². The van der Waals surface area contributed by atoms with Gasteiger partial charge in [0.1, 0.15) is 17.5 Å². The number of rotatable bonds is 13. The van der Waals surface area contributed by atoms with E-state index in [1.165, 1.54) is 6.92 Å². The zero-order valence-electron chi connectivity index (χ0n) is 26.1. The average molecular weight is 702 g/mol. The predicted octanol–water partition coefficient (Wildman–Crippen LogP) is 8.72. The van der Waals surface area contributed by atoms with E-state index in [0.717, 1.165) is 21.4 Å². The quantitative estimate of drug-likeness (QED) is 0.0439. The molecule has 2 atom stereocenters. The first-order valence-electron chi connectivity index (χ1n) is 14.5. The summed E-state index contributed by atoms with van der Waals surface area (Å²) in [7, 11) is 1.58. The molecule has 1 aliphatic rings. The van der Waals surface area contributed by atoms with Crippen molar-refractivity contribution in [1.29, 1.82) is 0 Å². The molecule has 0 N–H and O–H groups in total. The van der Waals surface area contributed by atoms with Crippen molar-refractivity contribution in [1.82, 2.24) is 9.47 Å². The summed E-state index contributed by atoms with van der Waals surface area (Å²) in [6.07, 6.45) is 2.37. The van der Waals surface area contributed by atoms with Crippen LogP contribution in [0.3, 0.4) is 0 Å². The fraction of sp³-hybridized carbons (Fsp3) is 0.469. The van der Waals surface area contributed by atoms with Gasteiger partial charge in [-0.15, -0.1) is 0 Å². The van der Waals surface area contributed by atoms with E-state index in [1.807, 2.05) is 42.8 Å². The third kappa shape index (κ3) is 7.56. The minimum Gasteiger partial charge on any atom is -0.497 e. The zero-order chi connectivity index (χ0) is 33.4. The van der Waals surface area contributed by atoms with Gasteiger partial charge in [-0.1, -0.05) is 60.3 Å². The Morgan fingerprint density at radius 1 is 0.956 bits per heavy atom. The first-order valence-corrected chi connectivity index (χ1v) is 16.0. The maximum absolute atomic E-state index is 13.3. The van der Waals surface area contributed by atoms with Crippen molar-refractivity contribution in [3.05, 3.63) is 61.2 Å². The Hall–Kier alpha value is -2.53. The highest BCUT2D eigenvalue weighted by atomic mass is 35.5. The van der Waals surface area contributed by atoms with Gasteiger partial charge in [-0.25, -0.2) is 9.78 Å². The minimum absolute atomic E-state index is 0.0395. The molecule has 0 radical (unpaired) electrons. The van der Waals surface area contributed by atoms with E-state index in [9.17, 15) is 14.4 Å². The number of ether oxygens (including phenoxy) is 2. The molecule has 9 nitrogen and oxygen atoms in total. The van der Waals surface area contributed by atoms with Crippen molar-refractivity contribution in [2.45, 2.75) is 78.7 Å². The van der Waals surface area contributed by atoms with E-state index in [4.69, 9.17) is 65.7 Å². The summed E-state index contributed by atoms with van der Waals surface area (Å²) in [5, 5.41) is 0.475. The number of aromatic nitrogens is 1. The third-order valence-electron chi connectivity index (χ3n) is 7.43. The summed E-state index contributed by atoms with van der Waals surface area (Å²) in [4.78, 5) is 51.3. The maximum Gasteiger partial charge on any atom is 0.302 e. The van der Waals surface area contributed by atoms with E-state index in [1.54, 1.807) is 14.0 Å². The summed E-state index contributed by atoms with van der Waals surface area (Å²) in [6.45, 7) is 11.1. The average Bonchev–Trinajstić information content (AvgIpc) is 3.44. The summed E-state index contributed by atoms with van der Waals surface area (Å²) in [5.41, 5.74) is 0.808. The second kappa shape index (κ2) is 14.1. The number of fused-ring (bicyclic) bond motifs is 2. The van der Waals surface area contributed by atoms with Crippen LogP contribution in [0, 0.1) is 5.92 Å². The Morgan fingerprint density at radius 3 is 2.09 bits per heavy atom. The largest absolute Gasteiger partial charge is 0.497 e. The first kappa shape index (κ1) is 35.3. The highest BCUT2D eigenvalue weighted by Crippen LogP contribution is 2.45. The molecule has 0 bridgehead atoms. The molecule has 0 aliphatic carbocycles. The third-order valence-corrected chi connectivity index (χ3v) is 9.23. The number of halogens is 4. The normalized spacial score (nSPS) is 14.8. The molecule has 2 unspecified atom stereocenters. The van der Waals surface area contributed by atoms with E-state index in [2.05, 4.69) is 13.8 Å². The Labute approximate surface area is 282 Å². The highest BCUT2D eigenvalue weighted by molar-refractivity contribution is 6.55. The van der Waals surface area contributed by atoms with Gasteiger partial charge in [-0.05, 0) is 63.3 Å². The number of esters is 1. The number of hydrogen-bond acceptors (Lipinski definition) is 7. The van der Waals surface area contributed by atoms with Crippen molar-refractivity contribution >= 4 is 75.1 Å². The second-order valence-corrected chi connectivity index (χ2v) is 13.6. The van der Waals surface area contributed by atoms with Crippen LogP contribution in [0.1, 0.15) is 86.9 Å². The number of methoxy groups -OCH3 is 1. The van der Waals surface area contributed by atoms with Gasteiger partial charge in [-0.2, -0.15) is 0 Å². The van der Waals surface area contributed by atoms with Gasteiger partial charge in [0.25, 0.3) is 11.8 Å². The lowest BCUT2D eigenvalue weighted by molar-refractivity contribution is -0.397. The summed E-state index contributed by atoms with van der Waals surface area (Å²) < 4.78 is 12.8. The number of hydrogen-bond donors (Lipinski definition) is 0. The van der Waals surface area contributed by atoms with Crippen LogP contribution in [0.25, 0.3) is 10.9 Å². The molecule has 0 spiro atoms. The number of benzene rings is 2. The second-order valence-electron chi connectivity index (χ2n) is 12.1. The first-order chi connectivity index (χ1) is 21.1. The number of carbonyl (C=O) groups is 3. The fourth-order valence-electron chi connectivity index (χ4n) is 5.54. The molecular weight excluding hydrogens is 666 g/mol. The Kier molecular flexibility index (Phi) is 11.0. The molecule has 4 rings (SSSR count). The number of amides is 2. The van der Waals surface area contributed by atoms with Crippen LogP contribution in [0.2, 0.25) is 20.1 Å². The minimum atomic E-state index is -0.765. The van der Waals surface area contributed by atoms with Crippen LogP contribution in [-0.2, 0) is 25.7 Å². The Bertz CT molecular complexity index is 1590. The molecule has 13 heteroatoms. The maximum atomic E-state index is 13.3. The van der Waals surface area contributed by atoms with Crippen LogP contribution in [0.5, 0.6) is 5.75 Å². The fourth-order valence-corrected chi connectivity index (χ4v) is 6.55. The Balaban J connectivity index is 1.64. The van der Waals surface area contributed by atoms with Crippen molar-refractivity contribution in [3.8, 4) is 5.75 Å². The van der Waals surface area contributed by atoms with Gasteiger partial charge in [0.05, 0.1) is 43.8 Å². The molecule has 1 aromatic heterocycles. The van der Waals surface area contributed by atoms with Gasteiger partial charge in [-0.3, -0.25) is 19.3 Å². The molecule has 1 aliphatic heterocycles. The smallest absolute Gasteiger partial charge is 0.302 e. The SMILES string of the molecule is COc1ccc2c(c1)c(CCN1C(=O)c3c(Cl)c(Cl)c(Cl)c(Cl)c3C1=O)cn2C(CC(C)C)OOC(C)(C)CC(C)OC(C)=O. The van der Waals surface area contributed by atoms with Gasteiger partial charge in [0.2, 0.25) is 0 Å². The van der Waals surface area contributed by atoms with Crippen LogP contribution in [-0.4, -0.2) is 52.6 Å². The lowest BCUT2D eigenvalue weighted by Crippen LogP contribution is -2.32. The highest BCUT2D eigenvalue weighted by Gasteiger charge is 2.41. The summed E-state index contributed by atoms with van der Waals surface area (Å²) in [6, 6.07) is 5.67. The van der Waals surface area contributed by atoms with Gasteiger partial charge in [0.15, 0.2) is 6.23 Å². The molecule has 0 saturated carbocycles. The molecule has 3 aromatic rings. The van der Waals surface area contributed by atoms with Crippen molar-refractivity contribution < 1.29 is 33.6 Å². The molecular formula is C32H36Cl4N2O7. The van der Waals surface area contributed by atoms with Crippen molar-refractivity contribution in [3.63, 3.8) is 0 Å². The standard InChI is InChI=1S/C32H36Cl4N2O7/c1-16(2)12-23(44-45-32(5,6)14-17(3)43-18(4)39)38-15-19(21-13-20(42-7)8-9-22(21)38)10-11-37-30(40)24-25(31(37)41)27(34)29(36)28(35)26(24)33/h8-9,13,15-17,23H,10-12,14H2,1-7H3. The van der Waals surface area contributed by atoms with Crippen LogP contribution in [0.15, 0.2) is 24.4 Å². The zero-order valence-corrected chi connectivity index (χ0v) is 29.2. The van der Waals surface area contributed by atoms with Crippen LogP contribution in [0.4, 0.5) is 0 Å². The molecule has 244 valence electrons. The molecule has 2 amide bonds. The lowest BCUT2D eigenvalue weighted by Gasteiger charge is -2.30. The number of imide groups is 1. The summed E-state index contributed by atoms with van der Waals surface area (Å²) in [5.74, 6) is -0.669. The van der Waals surface area contributed by atoms with Crippen LogP contribution < -0.4 is 4.74 Å². The topological polar surface area (TPSA) is 96.3 Å². The monoisotopic (exact) mass is 700 g/mol. The predicted molar refractivity (Wildman–Crippen MR) is 175 cm³/mol. The molecule has 2 heterocycles. The summed E-state index contributed by atoms with van der Waals surface area (Å²) >= 11 is 25.0. The number of carbonyl (C=O) groups excluding carboxylic acids is 3. The Morgan fingerprint density at radius 2 is 1.56 bits per heavy atom. The molecule has 2 aromatic carbocycles. The van der Waals surface area contributed by atoms with E-state index >= 15 is 0 Å². The van der Waals surface area contributed by atoms with E-state index in [-0.39, 0.29) is 55.8 Å². The molecule has 45 heavy (non-hydrogen) atoms. The lowest BCUT2D eigenvalue weighted by atomic mass is 10.0. The number of nitrogens with zero attached hydrogens (tertiary/aromatic N) is 2. The molecule has 0 saturated heterocycles. The van der Waals surface area contributed by atoms with Crippen molar-refractivity contribution in [2.75, 3.05) is 13.7 Å².